The summed E-state index contributed by atoms with van der Waals surface area (Å²) in [6, 6.07) is 6.00. The molecule has 0 aliphatic carbocycles. The minimum atomic E-state index is -1.79. The lowest BCUT2D eigenvalue weighted by atomic mass is 10.2. The van der Waals surface area contributed by atoms with Gasteiger partial charge in [-0.1, -0.05) is 42.8 Å². The van der Waals surface area contributed by atoms with Gasteiger partial charge in [0.1, 0.15) is 5.75 Å². The Morgan fingerprint density at radius 3 is 2.35 bits per heavy atom. The maximum Gasteiger partial charge on any atom is 0.250 e. The molecule has 0 aromatic heterocycles. The molecule has 2 nitrogen and oxygen atoms in total. The highest BCUT2D eigenvalue weighted by atomic mass is 79.9. The van der Waals surface area contributed by atoms with Crippen molar-refractivity contribution in [3.63, 3.8) is 0 Å². The van der Waals surface area contributed by atoms with Gasteiger partial charge in [0, 0.05) is 16.6 Å². The van der Waals surface area contributed by atoms with Gasteiger partial charge in [-0.3, -0.25) is 0 Å². The maximum absolute atomic E-state index is 6.30. The number of hydrogen-bond acceptors (Lipinski definition) is 2. The quantitative estimate of drug-likeness (QED) is 0.844. The predicted molar refractivity (Wildman–Crippen MR) is 79.9 cm³/mol. The van der Waals surface area contributed by atoms with E-state index in [4.69, 9.17) is 10.2 Å². The molecule has 17 heavy (non-hydrogen) atoms. The smallest absolute Gasteiger partial charge is 0.250 e. The van der Waals surface area contributed by atoms with Crippen molar-refractivity contribution < 1.29 is 4.43 Å². The van der Waals surface area contributed by atoms with Gasteiger partial charge >= 0.3 is 0 Å². The molecule has 0 aliphatic rings. The van der Waals surface area contributed by atoms with E-state index in [0.717, 1.165) is 15.8 Å². The van der Waals surface area contributed by atoms with E-state index >= 15 is 0 Å². The van der Waals surface area contributed by atoms with Crippen LogP contribution in [0.15, 0.2) is 22.7 Å². The van der Waals surface area contributed by atoms with E-state index in [1.807, 2.05) is 18.2 Å². The lowest BCUT2D eigenvalue weighted by molar-refractivity contribution is 0.487. The van der Waals surface area contributed by atoms with Crippen LogP contribution < -0.4 is 10.2 Å². The van der Waals surface area contributed by atoms with E-state index < -0.39 is 8.32 Å². The molecule has 4 heteroatoms. The zero-order valence-corrected chi connectivity index (χ0v) is 13.9. The Kier molecular flexibility index (Phi) is 4.44. The zero-order valence-electron chi connectivity index (χ0n) is 11.3. The second kappa shape index (κ2) is 5.12. The second-order valence-corrected chi connectivity index (χ2v) is 11.4. The molecule has 1 rings (SSSR count). The van der Waals surface area contributed by atoms with Crippen LogP contribution in [0, 0.1) is 0 Å². The largest absolute Gasteiger partial charge is 0.543 e. The standard InChI is InChI=1S/C13H22BrNOSi/c1-13(2,3)17(4,5)16-12-8-6-7-11(14)10(12)9-15/h6-8H,9,15H2,1-5H3. The summed E-state index contributed by atoms with van der Waals surface area (Å²) >= 11 is 3.52. The van der Waals surface area contributed by atoms with Crippen molar-refractivity contribution in [2.75, 3.05) is 0 Å². The van der Waals surface area contributed by atoms with Crippen LogP contribution in [0.1, 0.15) is 26.3 Å². The van der Waals surface area contributed by atoms with Crippen molar-refractivity contribution >= 4 is 24.2 Å². The van der Waals surface area contributed by atoms with Crippen LogP contribution in [0.4, 0.5) is 0 Å². The lowest BCUT2D eigenvalue weighted by Gasteiger charge is -2.37. The second-order valence-electron chi connectivity index (χ2n) is 5.78. The van der Waals surface area contributed by atoms with Crippen LogP contribution >= 0.6 is 15.9 Å². The van der Waals surface area contributed by atoms with Crippen molar-refractivity contribution in [3.05, 3.63) is 28.2 Å². The third-order valence-electron chi connectivity index (χ3n) is 3.45. The van der Waals surface area contributed by atoms with Gasteiger partial charge in [-0.05, 0) is 30.3 Å². The Morgan fingerprint density at radius 1 is 1.29 bits per heavy atom. The van der Waals surface area contributed by atoms with E-state index in [9.17, 15) is 0 Å². The first-order valence-electron chi connectivity index (χ1n) is 5.85. The monoisotopic (exact) mass is 315 g/mol. The molecular weight excluding hydrogens is 294 g/mol. The van der Waals surface area contributed by atoms with Gasteiger partial charge in [-0.2, -0.15) is 0 Å². The van der Waals surface area contributed by atoms with Crippen molar-refractivity contribution in [2.24, 2.45) is 5.73 Å². The number of benzene rings is 1. The average molecular weight is 316 g/mol. The molecule has 1 aromatic rings. The van der Waals surface area contributed by atoms with Gasteiger partial charge in [0.2, 0.25) is 8.32 Å². The molecule has 96 valence electrons. The number of nitrogens with two attached hydrogens (primary N) is 1. The third kappa shape index (κ3) is 3.33. The summed E-state index contributed by atoms with van der Waals surface area (Å²) in [6.07, 6.45) is 0. The van der Waals surface area contributed by atoms with Crippen LogP contribution in [-0.2, 0) is 6.54 Å². The molecule has 0 bridgehead atoms. The van der Waals surface area contributed by atoms with Crippen LogP contribution in [0.3, 0.4) is 0 Å². The van der Waals surface area contributed by atoms with Gasteiger partial charge in [0.15, 0.2) is 0 Å². The van der Waals surface area contributed by atoms with Crippen LogP contribution in [0.5, 0.6) is 5.75 Å². The van der Waals surface area contributed by atoms with Crippen LogP contribution in [0.2, 0.25) is 18.1 Å². The Hall–Kier alpha value is -0.323. The van der Waals surface area contributed by atoms with Crippen molar-refractivity contribution in [3.8, 4) is 5.75 Å². The van der Waals surface area contributed by atoms with Crippen LogP contribution in [0.25, 0.3) is 0 Å². The topological polar surface area (TPSA) is 35.2 Å². The molecule has 0 unspecified atom stereocenters. The molecule has 0 saturated carbocycles. The lowest BCUT2D eigenvalue weighted by Crippen LogP contribution is -2.44. The normalized spacial score (nSPS) is 12.6. The fraction of sp³-hybridized carbons (Fsp3) is 0.538. The molecular formula is C13H22BrNOSi. The summed E-state index contributed by atoms with van der Waals surface area (Å²) in [5, 5.41) is 0.196. The zero-order chi connectivity index (χ0) is 13.3. The van der Waals surface area contributed by atoms with E-state index in [-0.39, 0.29) is 5.04 Å². The van der Waals surface area contributed by atoms with Gasteiger partial charge in [-0.15, -0.1) is 0 Å². The fourth-order valence-corrected chi connectivity index (χ4v) is 2.82. The Labute approximate surface area is 114 Å². The minimum Gasteiger partial charge on any atom is -0.543 e. The summed E-state index contributed by atoms with van der Waals surface area (Å²) in [5.74, 6) is 0.925. The van der Waals surface area contributed by atoms with Gasteiger partial charge in [-0.25, -0.2) is 0 Å². The summed E-state index contributed by atoms with van der Waals surface area (Å²) < 4.78 is 7.32. The molecule has 2 N–H and O–H groups in total. The molecule has 0 spiro atoms. The van der Waals surface area contributed by atoms with Crippen LogP contribution in [-0.4, -0.2) is 8.32 Å². The SMILES string of the molecule is CC(C)(C)[Si](C)(C)Oc1cccc(Br)c1CN. The van der Waals surface area contributed by atoms with E-state index in [1.165, 1.54) is 0 Å². The summed E-state index contributed by atoms with van der Waals surface area (Å²) in [5.41, 5.74) is 6.84. The molecule has 0 radical (unpaired) electrons. The first-order chi connectivity index (χ1) is 7.69. The highest BCUT2D eigenvalue weighted by Crippen LogP contribution is 2.39. The van der Waals surface area contributed by atoms with Gasteiger partial charge in [0.25, 0.3) is 0 Å². The first-order valence-corrected chi connectivity index (χ1v) is 9.55. The number of rotatable bonds is 3. The Morgan fingerprint density at radius 2 is 1.88 bits per heavy atom. The van der Waals surface area contributed by atoms with Crippen molar-refractivity contribution in [1.29, 1.82) is 0 Å². The first kappa shape index (κ1) is 14.7. The van der Waals surface area contributed by atoms with Crippen molar-refractivity contribution in [2.45, 2.75) is 45.4 Å². The van der Waals surface area contributed by atoms with E-state index in [2.05, 4.69) is 49.8 Å². The molecule has 0 saturated heterocycles. The molecule has 0 amide bonds. The van der Waals surface area contributed by atoms with Gasteiger partial charge in [0.05, 0.1) is 0 Å². The fourth-order valence-electron chi connectivity index (χ4n) is 1.26. The molecule has 0 heterocycles. The third-order valence-corrected chi connectivity index (χ3v) is 8.54. The Bertz CT molecular complexity index is 399. The number of hydrogen-bond donors (Lipinski definition) is 1. The van der Waals surface area contributed by atoms with Gasteiger partial charge < -0.3 is 10.2 Å². The van der Waals surface area contributed by atoms with E-state index in [0.29, 0.717) is 6.54 Å². The summed E-state index contributed by atoms with van der Waals surface area (Å²) in [7, 11) is -1.79. The molecule has 0 aliphatic heterocycles. The summed E-state index contributed by atoms with van der Waals surface area (Å²) in [4.78, 5) is 0. The average Bonchev–Trinajstić information content (AvgIpc) is 2.15. The summed E-state index contributed by atoms with van der Waals surface area (Å²) in [6.45, 7) is 11.7. The Balaban J connectivity index is 3.08. The molecule has 1 aromatic carbocycles. The molecule has 0 fully saturated rings. The minimum absolute atomic E-state index is 0.196. The molecule has 0 atom stereocenters. The maximum atomic E-state index is 6.30. The predicted octanol–water partition coefficient (Wildman–Crippen LogP) is 4.29. The van der Waals surface area contributed by atoms with E-state index in [1.54, 1.807) is 0 Å². The highest BCUT2D eigenvalue weighted by molar-refractivity contribution is 9.10. The highest BCUT2D eigenvalue weighted by Gasteiger charge is 2.39. The number of halogens is 1. The van der Waals surface area contributed by atoms with Crippen molar-refractivity contribution in [1.82, 2.24) is 0 Å².